The molecule has 4 heteroatoms. The average molecular weight is 322 g/mol. The van der Waals surface area contributed by atoms with Crippen LogP contribution in [0.1, 0.15) is 22.3 Å². The number of aromatic hydroxyl groups is 4. The number of phenols is 4. The van der Waals surface area contributed by atoms with Gasteiger partial charge in [-0.2, -0.15) is 0 Å². The Kier molecular flexibility index (Phi) is 4.29. The largest absolute Gasteiger partial charge is 0.504 e. The lowest BCUT2D eigenvalue weighted by Gasteiger charge is -2.09. The number of para-hydroxylation sites is 2. The summed E-state index contributed by atoms with van der Waals surface area (Å²) in [5, 5.41) is 38.8. The fourth-order valence-corrected chi connectivity index (χ4v) is 2.66. The molecule has 0 unspecified atom stereocenters. The molecule has 0 amide bonds. The lowest BCUT2D eigenvalue weighted by Crippen LogP contribution is -1.92. The third-order valence-electron chi connectivity index (χ3n) is 4.01. The average Bonchev–Trinajstić information content (AvgIpc) is 2.58. The van der Waals surface area contributed by atoms with Gasteiger partial charge in [0.15, 0.2) is 23.0 Å². The van der Waals surface area contributed by atoms with E-state index in [1.165, 1.54) is 12.1 Å². The van der Waals surface area contributed by atoms with Crippen LogP contribution in [0.2, 0.25) is 0 Å². The summed E-state index contributed by atoms with van der Waals surface area (Å²) in [5.74, 6) is -0.426. The smallest absolute Gasteiger partial charge is 0.161 e. The van der Waals surface area contributed by atoms with Crippen molar-refractivity contribution in [2.24, 2.45) is 0 Å². The summed E-state index contributed by atoms with van der Waals surface area (Å²) in [6, 6.07) is 17.6. The number of benzene rings is 3. The van der Waals surface area contributed by atoms with Gasteiger partial charge in [-0.05, 0) is 23.3 Å². The van der Waals surface area contributed by atoms with Crippen LogP contribution in [0, 0.1) is 0 Å². The second kappa shape index (κ2) is 6.54. The summed E-state index contributed by atoms with van der Waals surface area (Å²) in [6.07, 6.45) is 1.02. The summed E-state index contributed by atoms with van der Waals surface area (Å²) >= 11 is 0. The van der Waals surface area contributed by atoms with Gasteiger partial charge in [0.1, 0.15) is 0 Å². The number of phenolic OH excluding ortho intramolecular Hbond substituents is 4. The summed E-state index contributed by atoms with van der Waals surface area (Å²) < 4.78 is 0. The SMILES string of the molecule is Oc1cccc(Cc2ccc(Cc3cccc(O)c3O)cc2)c1O. The van der Waals surface area contributed by atoms with Crippen LogP contribution in [0.25, 0.3) is 0 Å². The summed E-state index contributed by atoms with van der Waals surface area (Å²) in [7, 11) is 0. The van der Waals surface area contributed by atoms with E-state index in [9.17, 15) is 20.4 Å². The molecule has 0 aromatic heterocycles. The Bertz CT molecular complexity index is 782. The van der Waals surface area contributed by atoms with Crippen molar-refractivity contribution in [2.45, 2.75) is 12.8 Å². The topological polar surface area (TPSA) is 80.9 Å². The van der Waals surface area contributed by atoms with Crippen LogP contribution < -0.4 is 0 Å². The highest BCUT2D eigenvalue weighted by Gasteiger charge is 2.08. The number of hydrogen-bond donors (Lipinski definition) is 4. The van der Waals surface area contributed by atoms with Crippen LogP contribution in [-0.2, 0) is 12.8 Å². The molecule has 0 fully saturated rings. The van der Waals surface area contributed by atoms with Crippen LogP contribution in [0.5, 0.6) is 23.0 Å². The summed E-state index contributed by atoms with van der Waals surface area (Å²) in [5.41, 5.74) is 3.32. The van der Waals surface area contributed by atoms with Gasteiger partial charge in [-0.1, -0.05) is 48.5 Å². The fourth-order valence-electron chi connectivity index (χ4n) is 2.66. The van der Waals surface area contributed by atoms with Gasteiger partial charge in [0.25, 0.3) is 0 Å². The van der Waals surface area contributed by atoms with Gasteiger partial charge in [-0.3, -0.25) is 0 Å². The maximum atomic E-state index is 9.86. The standard InChI is InChI=1S/C20H18O4/c21-17-5-1-3-15(19(17)23)11-13-7-9-14(10-8-13)12-16-4-2-6-18(22)20(16)24/h1-10,21-24H,11-12H2. The van der Waals surface area contributed by atoms with Gasteiger partial charge in [-0.25, -0.2) is 0 Å². The molecule has 0 saturated carbocycles. The van der Waals surface area contributed by atoms with Gasteiger partial charge < -0.3 is 20.4 Å². The first-order valence-electron chi connectivity index (χ1n) is 7.62. The van der Waals surface area contributed by atoms with E-state index >= 15 is 0 Å². The Morgan fingerprint density at radius 3 is 1.25 bits per heavy atom. The van der Waals surface area contributed by atoms with Crippen molar-refractivity contribution in [1.82, 2.24) is 0 Å². The quantitative estimate of drug-likeness (QED) is 0.552. The molecule has 3 rings (SSSR count). The lowest BCUT2D eigenvalue weighted by molar-refractivity contribution is 0.400. The van der Waals surface area contributed by atoms with Gasteiger partial charge in [0.05, 0.1) is 0 Å². The zero-order chi connectivity index (χ0) is 17.1. The van der Waals surface area contributed by atoms with Crippen molar-refractivity contribution >= 4 is 0 Å². The fraction of sp³-hybridized carbons (Fsp3) is 0.100. The normalized spacial score (nSPS) is 10.7. The highest BCUT2D eigenvalue weighted by Crippen LogP contribution is 2.31. The monoisotopic (exact) mass is 322 g/mol. The maximum Gasteiger partial charge on any atom is 0.161 e. The Hall–Kier alpha value is -3.14. The molecular weight excluding hydrogens is 304 g/mol. The molecule has 3 aromatic rings. The number of hydrogen-bond acceptors (Lipinski definition) is 4. The van der Waals surface area contributed by atoms with Gasteiger partial charge in [-0.15, -0.1) is 0 Å². The molecule has 0 saturated heterocycles. The first-order chi connectivity index (χ1) is 11.5. The van der Waals surface area contributed by atoms with E-state index in [0.29, 0.717) is 24.0 Å². The van der Waals surface area contributed by atoms with E-state index in [1.54, 1.807) is 24.3 Å². The van der Waals surface area contributed by atoms with E-state index < -0.39 is 0 Å². The molecule has 0 aliphatic carbocycles. The van der Waals surface area contributed by atoms with Crippen molar-refractivity contribution in [3.63, 3.8) is 0 Å². The van der Waals surface area contributed by atoms with Crippen molar-refractivity contribution in [1.29, 1.82) is 0 Å². The molecule has 0 atom stereocenters. The van der Waals surface area contributed by atoms with Crippen LogP contribution >= 0.6 is 0 Å². The molecule has 4 nitrogen and oxygen atoms in total. The van der Waals surface area contributed by atoms with Gasteiger partial charge in [0.2, 0.25) is 0 Å². The third-order valence-corrected chi connectivity index (χ3v) is 4.01. The molecule has 0 aliphatic heterocycles. The Morgan fingerprint density at radius 1 is 0.500 bits per heavy atom. The maximum absolute atomic E-state index is 9.86. The van der Waals surface area contributed by atoms with E-state index in [0.717, 1.165) is 11.1 Å². The van der Waals surface area contributed by atoms with Crippen LogP contribution in [0.15, 0.2) is 60.7 Å². The van der Waals surface area contributed by atoms with E-state index in [4.69, 9.17) is 0 Å². The number of rotatable bonds is 4. The molecule has 4 N–H and O–H groups in total. The highest BCUT2D eigenvalue weighted by atomic mass is 16.3. The zero-order valence-corrected chi connectivity index (χ0v) is 13.0. The van der Waals surface area contributed by atoms with E-state index in [1.807, 2.05) is 24.3 Å². The molecule has 24 heavy (non-hydrogen) atoms. The van der Waals surface area contributed by atoms with Gasteiger partial charge in [0, 0.05) is 24.0 Å². The van der Waals surface area contributed by atoms with Crippen LogP contribution in [0.4, 0.5) is 0 Å². The van der Waals surface area contributed by atoms with Crippen molar-refractivity contribution < 1.29 is 20.4 Å². The first kappa shape index (κ1) is 15.7. The molecule has 0 spiro atoms. The molecular formula is C20H18O4. The summed E-state index contributed by atoms with van der Waals surface area (Å²) in [6.45, 7) is 0. The minimum absolute atomic E-state index is 0.0914. The van der Waals surface area contributed by atoms with Crippen LogP contribution in [0.3, 0.4) is 0 Å². The highest BCUT2D eigenvalue weighted by molar-refractivity contribution is 5.48. The van der Waals surface area contributed by atoms with Crippen molar-refractivity contribution in [3.05, 3.63) is 82.9 Å². The Balaban J connectivity index is 1.76. The Labute approximate surface area is 139 Å². The molecule has 0 radical (unpaired) electrons. The Morgan fingerprint density at radius 2 is 0.875 bits per heavy atom. The van der Waals surface area contributed by atoms with Crippen molar-refractivity contribution in [3.8, 4) is 23.0 Å². The molecule has 0 heterocycles. The molecule has 122 valence electrons. The minimum Gasteiger partial charge on any atom is -0.504 e. The van der Waals surface area contributed by atoms with Crippen LogP contribution in [-0.4, -0.2) is 20.4 Å². The molecule has 0 aliphatic rings. The van der Waals surface area contributed by atoms with E-state index in [2.05, 4.69) is 0 Å². The summed E-state index contributed by atoms with van der Waals surface area (Å²) in [4.78, 5) is 0. The second-order valence-electron chi connectivity index (χ2n) is 5.74. The van der Waals surface area contributed by atoms with Gasteiger partial charge >= 0.3 is 0 Å². The third kappa shape index (κ3) is 3.27. The first-order valence-corrected chi connectivity index (χ1v) is 7.62. The lowest BCUT2D eigenvalue weighted by atomic mass is 9.99. The minimum atomic E-state index is -0.122. The molecule has 0 bridgehead atoms. The molecule has 3 aromatic carbocycles. The predicted octanol–water partition coefficient (Wildman–Crippen LogP) is 3.69. The zero-order valence-electron chi connectivity index (χ0n) is 13.0. The van der Waals surface area contributed by atoms with E-state index in [-0.39, 0.29) is 23.0 Å². The predicted molar refractivity (Wildman–Crippen MR) is 91.6 cm³/mol. The van der Waals surface area contributed by atoms with Crippen molar-refractivity contribution in [2.75, 3.05) is 0 Å². The second-order valence-corrected chi connectivity index (χ2v) is 5.74.